The third-order valence-corrected chi connectivity index (χ3v) is 3.78. The van der Waals surface area contributed by atoms with Crippen molar-refractivity contribution in [2.24, 2.45) is 0 Å². The molecule has 0 spiro atoms. The van der Waals surface area contributed by atoms with Gasteiger partial charge in [0, 0.05) is 12.1 Å². The van der Waals surface area contributed by atoms with Gasteiger partial charge in [-0.25, -0.2) is 0 Å². The first kappa shape index (κ1) is 13.3. The van der Waals surface area contributed by atoms with Gasteiger partial charge in [-0.15, -0.1) is 0 Å². The van der Waals surface area contributed by atoms with E-state index in [1.807, 2.05) is 4.90 Å². The number of alkyl halides is 2. The minimum absolute atomic E-state index is 0.0551. The molecule has 2 saturated heterocycles. The first-order chi connectivity index (χ1) is 9.63. The molecule has 1 aromatic carbocycles. The molecule has 108 valence electrons. The van der Waals surface area contributed by atoms with E-state index in [2.05, 4.69) is 4.74 Å². The number of hydrogen-bond acceptors (Lipinski definition) is 3. The van der Waals surface area contributed by atoms with Crippen molar-refractivity contribution < 1.29 is 23.0 Å². The Labute approximate surface area is 115 Å². The first-order valence-electron chi connectivity index (χ1n) is 6.61. The van der Waals surface area contributed by atoms with Crippen LogP contribution in [0.5, 0.6) is 5.75 Å². The van der Waals surface area contributed by atoms with Gasteiger partial charge in [-0.3, -0.25) is 4.79 Å². The summed E-state index contributed by atoms with van der Waals surface area (Å²) in [6.45, 7) is -1.59. The molecule has 0 N–H and O–H groups in total. The molecule has 0 aromatic heterocycles. The van der Waals surface area contributed by atoms with Gasteiger partial charge in [0.1, 0.15) is 5.75 Å². The van der Waals surface area contributed by atoms with Crippen LogP contribution < -0.4 is 4.74 Å². The Kier molecular flexibility index (Phi) is 3.56. The molecule has 2 bridgehead atoms. The van der Waals surface area contributed by atoms with Crippen molar-refractivity contribution in [3.8, 4) is 5.75 Å². The molecule has 2 heterocycles. The topological polar surface area (TPSA) is 38.8 Å². The van der Waals surface area contributed by atoms with E-state index in [0.29, 0.717) is 18.7 Å². The lowest BCUT2D eigenvalue weighted by Crippen LogP contribution is -2.44. The maximum Gasteiger partial charge on any atom is 0.387 e. The molecular weight excluding hydrogens is 268 g/mol. The highest BCUT2D eigenvalue weighted by molar-refractivity contribution is 5.94. The second-order valence-electron chi connectivity index (χ2n) is 5.03. The SMILES string of the molecule is O=C(c1ccc(OC(F)F)cc1)N1CCC2CC1CO2. The van der Waals surface area contributed by atoms with E-state index in [1.165, 1.54) is 24.3 Å². The minimum Gasteiger partial charge on any atom is -0.435 e. The molecule has 2 fully saturated rings. The van der Waals surface area contributed by atoms with E-state index in [4.69, 9.17) is 4.74 Å². The number of rotatable bonds is 3. The number of hydrogen-bond donors (Lipinski definition) is 0. The number of ether oxygens (including phenoxy) is 2. The average Bonchev–Trinajstić information content (AvgIpc) is 2.80. The van der Waals surface area contributed by atoms with Crippen LogP contribution in [0.4, 0.5) is 8.78 Å². The van der Waals surface area contributed by atoms with Crippen LogP contribution in [-0.2, 0) is 4.74 Å². The monoisotopic (exact) mass is 283 g/mol. The fourth-order valence-electron chi connectivity index (χ4n) is 2.78. The number of piperidine rings is 1. The van der Waals surface area contributed by atoms with Crippen molar-refractivity contribution in [3.05, 3.63) is 29.8 Å². The smallest absolute Gasteiger partial charge is 0.387 e. The molecule has 2 atom stereocenters. The highest BCUT2D eigenvalue weighted by Gasteiger charge is 2.37. The summed E-state index contributed by atoms with van der Waals surface area (Å²) < 4.78 is 33.9. The fourth-order valence-corrected chi connectivity index (χ4v) is 2.78. The molecule has 1 amide bonds. The van der Waals surface area contributed by atoms with Crippen molar-refractivity contribution in [3.63, 3.8) is 0 Å². The van der Waals surface area contributed by atoms with Crippen molar-refractivity contribution in [1.29, 1.82) is 0 Å². The number of fused-ring (bicyclic) bond motifs is 2. The van der Waals surface area contributed by atoms with Crippen molar-refractivity contribution in [2.75, 3.05) is 13.2 Å². The fraction of sp³-hybridized carbons (Fsp3) is 0.500. The predicted molar refractivity (Wildman–Crippen MR) is 66.9 cm³/mol. The number of carbonyl (C=O) groups is 1. The number of carbonyl (C=O) groups excluding carboxylic acids is 1. The lowest BCUT2D eigenvalue weighted by atomic mass is 10.0. The van der Waals surface area contributed by atoms with E-state index >= 15 is 0 Å². The van der Waals surface area contributed by atoms with Gasteiger partial charge in [0.25, 0.3) is 5.91 Å². The minimum atomic E-state index is -2.86. The van der Waals surface area contributed by atoms with Crippen LogP contribution in [-0.4, -0.2) is 42.7 Å². The van der Waals surface area contributed by atoms with E-state index in [1.54, 1.807) is 0 Å². The molecule has 0 radical (unpaired) electrons. The second-order valence-corrected chi connectivity index (χ2v) is 5.03. The molecule has 0 saturated carbocycles. The second kappa shape index (κ2) is 5.36. The number of nitrogens with zero attached hydrogens (tertiary/aromatic N) is 1. The maximum absolute atomic E-state index is 12.4. The number of halogens is 2. The van der Waals surface area contributed by atoms with Gasteiger partial charge in [-0.05, 0) is 37.1 Å². The molecular formula is C14H15F2NO3. The Bertz CT molecular complexity index is 492. The normalized spacial score (nSPS) is 25.1. The molecule has 1 aromatic rings. The quantitative estimate of drug-likeness (QED) is 0.854. The van der Waals surface area contributed by atoms with Crippen molar-refractivity contribution in [1.82, 2.24) is 4.90 Å². The van der Waals surface area contributed by atoms with Crippen LogP contribution in [0.15, 0.2) is 24.3 Å². The zero-order valence-electron chi connectivity index (χ0n) is 10.8. The van der Waals surface area contributed by atoms with Crippen molar-refractivity contribution in [2.45, 2.75) is 31.6 Å². The number of likely N-dealkylation sites (tertiary alicyclic amines) is 1. The van der Waals surface area contributed by atoms with Gasteiger partial charge >= 0.3 is 6.61 Å². The highest BCUT2D eigenvalue weighted by Crippen LogP contribution is 2.28. The summed E-state index contributed by atoms with van der Waals surface area (Å²) in [7, 11) is 0. The van der Waals surface area contributed by atoms with Gasteiger partial charge in [0.15, 0.2) is 0 Å². The predicted octanol–water partition coefficient (Wildman–Crippen LogP) is 2.29. The molecule has 3 rings (SSSR count). The van der Waals surface area contributed by atoms with E-state index in [0.717, 1.165) is 12.8 Å². The molecule has 20 heavy (non-hydrogen) atoms. The standard InChI is InChI=1S/C14H15F2NO3/c15-14(16)20-11-3-1-9(2-4-11)13(18)17-6-5-12-7-10(17)8-19-12/h1-4,10,12,14H,5-8H2. The molecule has 2 aliphatic heterocycles. The van der Waals surface area contributed by atoms with Crippen LogP contribution in [0.25, 0.3) is 0 Å². The molecule has 0 aliphatic carbocycles. The summed E-state index contributed by atoms with van der Waals surface area (Å²) in [5.74, 6) is -0.0259. The zero-order chi connectivity index (χ0) is 14.1. The third kappa shape index (κ3) is 2.60. The Morgan fingerprint density at radius 2 is 2.10 bits per heavy atom. The summed E-state index contributed by atoms with van der Waals surface area (Å²) >= 11 is 0. The van der Waals surface area contributed by atoms with Gasteiger partial charge in [-0.2, -0.15) is 8.78 Å². The lowest BCUT2D eigenvalue weighted by Gasteiger charge is -2.31. The van der Waals surface area contributed by atoms with Gasteiger partial charge < -0.3 is 14.4 Å². The largest absolute Gasteiger partial charge is 0.435 e. The summed E-state index contributed by atoms with van der Waals surface area (Å²) in [5.41, 5.74) is 0.483. The molecule has 2 unspecified atom stereocenters. The highest BCUT2D eigenvalue weighted by atomic mass is 19.3. The molecule has 6 heteroatoms. The van der Waals surface area contributed by atoms with Crippen molar-refractivity contribution >= 4 is 5.91 Å². The number of amides is 1. The summed E-state index contributed by atoms with van der Waals surface area (Å²) in [6.07, 6.45) is 2.03. The van der Waals surface area contributed by atoms with Crippen LogP contribution in [0.1, 0.15) is 23.2 Å². The Morgan fingerprint density at radius 3 is 2.80 bits per heavy atom. The van der Waals surface area contributed by atoms with E-state index in [9.17, 15) is 13.6 Å². The lowest BCUT2D eigenvalue weighted by molar-refractivity contribution is -0.0498. The van der Waals surface area contributed by atoms with Crippen LogP contribution >= 0.6 is 0 Å². The maximum atomic E-state index is 12.4. The van der Waals surface area contributed by atoms with Crippen LogP contribution in [0.3, 0.4) is 0 Å². The number of benzene rings is 1. The van der Waals surface area contributed by atoms with E-state index in [-0.39, 0.29) is 23.8 Å². The average molecular weight is 283 g/mol. The Hall–Kier alpha value is -1.69. The van der Waals surface area contributed by atoms with E-state index < -0.39 is 6.61 Å². The Balaban J connectivity index is 1.70. The van der Waals surface area contributed by atoms with Gasteiger partial charge in [-0.1, -0.05) is 0 Å². The van der Waals surface area contributed by atoms with Crippen LogP contribution in [0.2, 0.25) is 0 Å². The summed E-state index contributed by atoms with van der Waals surface area (Å²) in [6, 6.07) is 5.94. The van der Waals surface area contributed by atoms with Crippen LogP contribution in [0, 0.1) is 0 Å². The summed E-state index contributed by atoms with van der Waals surface area (Å²) in [5, 5.41) is 0. The molecule has 4 nitrogen and oxygen atoms in total. The van der Waals surface area contributed by atoms with Gasteiger partial charge in [0.05, 0.1) is 18.8 Å². The summed E-state index contributed by atoms with van der Waals surface area (Å²) in [4.78, 5) is 14.2. The third-order valence-electron chi connectivity index (χ3n) is 3.78. The first-order valence-corrected chi connectivity index (χ1v) is 6.61. The Morgan fingerprint density at radius 1 is 1.35 bits per heavy atom. The zero-order valence-corrected chi connectivity index (χ0v) is 10.8. The molecule has 2 aliphatic rings. The van der Waals surface area contributed by atoms with Gasteiger partial charge in [0.2, 0.25) is 0 Å².